The molecule has 0 saturated carbocycles. The number of rotatable bonds is 4. The summed E-state index contributed by atoms with van der Waals surface area (Å²) >= 11 is 2.49. The average Bonchev–Trinajstić information content (AvgIpc) is 2.55. The summed E-state index contributed by atoms with van der Waals surface area (Å²) in [4.78, 5) is 27.2. The van der Waals surface area contributed by atoms with E-state index in [4.69, 9.17) is 9.88 Å². The molecular weight excluding hydrogens is 441 g/mol. The Morgan fingerprint density at radius 1 is 1.22 bits per heavy atom. The van der Waals surface area contributed by atoms with Crippen LogP contribution in [0.25, 0.3) is 0 Å². The second kappa shape index (κ2) is 8.31. The number of nitrogens with zero attached hydrogens (tertiary/aromatic N) is 1. The van der Waals surface area contributed by atoms with Gasteiger partial charge in [0.2, 0.25) is 0 Å². The van der Waals surface area contributed by atoms with Gasteiger partial charge in [-0.3, -0.25) is 0 Å². The summed E-state index contributed by atoms with van der Waals surface area (Å²) in [5.74, 6) is -1.47. The minimum absolute atomic E-state index is 0.0560. The molecule has 2 rings (SSSR count). The number of para-hydroxylation sites is 1. The molecule has 0 spiro atoms. The van der Waals surface area contributed by atoms with Crippen LogP contribution in [0.3, 0.4) is 0 Å². The van der Waals surface area contributed by atoms with Crippen LogP contribution in [-0.4, -0.2) is 46.1 Å². The molecule has 0 saturated heterocycles. The molecule has 27 heavy (non-hydrogen) atoms. The van der Waals surface area contributed by atoms with Crippen molar-refractivity contribution in [1.29, 1.82) is 0 Å². The number of nitrogens with two attached hydrogens (primary N) is 1. The molecule has 0 aliphatic carbocycles. The normalized spacial score (nSPS) is 11.7. The summed E-state index contributed by atoms with van der Waals surface area (Å²) in [6.45, 7) is 1.20. The van der Waals surface area contributed by atoms with Gasteiger partial charge in [0.05, 0.1) is 0 Å². The molecule has 9 nitrogen and oxygen atoms in total. The van der Waals surface area contributed by atoms with Gasteiger partial charge in [-0.2, -0.15) is 0 Å². The van der Waals surface area contributed by atoms with Crippen LogP contribution in [0.5, 0.6) is 11.5 Å². The summed E-state index contributed by atoms with van der Waals surface area (Å²) in [6.07, 6.45) is 0. The Balaban J connectivity index is 2.29. The summed E-state index contributed by atoms with van der Waals surface area (Å²) in [6, 6.07) is 9.37. The van der Waals surface area contributed by atoms with Gasteiger partial charge in [0, 0.05) is 0 Å². The number of benzene rings is 2. The third kappa shape index (κ3) is 5.63. The van der Waals surface area contributed by atoms with Gasteiger partial charge >= 0.3 is 163 Å². The number of aromatic hydroxyl groups is 1. The monoisotopic (exact) mass is 456 g/mol. The van der Waals surface area contributed by atoms with Gasteiger partial charge in [-0.15, -0.1) is 0 Å². The van der Waals surface area contributed by atoms with E-state index in [-0.39, 0.29) is 32.4 Å². The molecule has 0 unspecified atom stereocenters. The van der Waals surface area contributed by atoms with Gasteiger partial charge < -0.3 is 0 Å². The van der Waals surface area contributed by atoms with Gasteiger partial charge in [-0.05, 0) is 0 Å². The first-order valence-electron chi connectivity index (χ1n) is 7.28. The van der Waals surface area contributed by atoms with Crippen molar-refractivity contribution in [1.82, 2.24) is 5.32 Å². The number of hydrogen-bond acceptors (Lipinski definition) is 7. The molecule has 2 aromatic carbocycles. The number of hydrogen-bond donors (Lipinski definition) is 3. The zero-order chi connectivity index (χ0) is 20.2. The van der Waals surface area contributed by atoms with Gasteiger partial charge in [0.15, 0.2) is 0 Å². The van der Waals surface area contributed by atoms with Crippen molar-refractivity contribution < 1.29 is 27.9 Å². The van der Waals surface area contributed by atoms with Crippen molar-refractivity contribution in [2.24, 2.45) is 10.1 Å². The molecule has 0 bridgehead atoms. The van der Waals surface area contributed by atoms with E-state index in [0.717, 1.165) is 18.2 Å². The second-order valence-electron chi connectivity index (χ2n) is 5.16. The van der Waals surface area contributed by atoms with Crippen molar-refractivity contribution in [3.63, 3.8) is 0 Å². The molecule has 0 fully saturated rings. The van der Waals surface area contributed by atoms with Crippen LogP contribution in [0.2, 0.25) is 0 Å². The van der Waals surface area contributed by atoms with Crippen LogP contribution in [0.1, 0.15) is 17.3 Å². The number of nitrogens with one attached hydrogen (secondary N) is 1. The Labute approximate surface area is 163 Å². The predicted molar refractivity (Wildman–Crippen MR) is 97.5 cm³/mol. The van der Waals surface area contributed by atoms with E-state index in [0.29, 0.717) is 0 Å². The number of amides is 1. The molecule has 4 N–H and O–H groups in total. The van der Waals surface area contributed by atoms with Crippen LogP contribution >= 0.6 is 0 Å². The Hall–Kier alpha value is -2.72. The summed E-state index contributed by atoms with van der Waals surface area (Å²) in [7, 11) is -3.99. The fourth-order valence-corrected chi connectivity index (χ4v) is 2.90. The zero-order valence-electron chi connectivity index (χ0n) is 13.9. The van der Waals surface area contributed by atoms with Crippen LogP contribution in [0.4, 0.5) is 5.69 Å². The fourth-order valence-electron chi connectivity index (χ4n) is 1.97. The molecule has 1 amide bonds. The Morgan fingerprint density at radius 2 is 1.89 bits per heavy atom. The quantitative estimate of drug-likeness (QED) is 0.202. The molecule has 0 heterocycles. The van der Waals surface area contributed by atoms with Gasteiger partial charge in [0.25, 0.3) is 0 Å². The number of esters is 1. The van der Waals surface area contributed by atoms with E-state index in [9.17, 15) is 23.1 Å². The number of amidine groups is 1. The molecule has 0 atom stereocenters. The predicted octanol–water partition coefficient (Wildman–Crippen LogP) is 0.551. The van der Waals surface area contributed by atoms with E-state index in [1.807, 2.05) is 0 Å². The van der Waals surface area contributed by atoms with E-state index >= 15 is 0 Å². The molecule has 0 aliphatic heterocycles. The molecule has 1 radical (unpaired) electrons. The molecule has 2 aromatic rings. The van der Waals surface area contributed by atoms with Crippen molar-refractivity contribution in [3.05, 3.63) is 48.0 Å². The molecule has 0 aliphatic rings. The van der Waals surface area contributed by atoms with Crippen molar-refractivity contribution in [2.75, 3.05) is 0 Å². The van der Waals surface area contributed by atoms with E-state index in [1.54, 1.807) is 12.1 Å². The second-order valence-corrected chi connectivity index (χ2v) is 7.53. The van der Waals surface area contributed by atoms with E-state index < -0.39 is 21.9 Å². The number of carbonyl (C=O) groups is 2. The van der Waals surface area contributed by atoms with Gasteiger partial charge in [0.1, 0.15) is 0 Å². The summed E-state index contributed by atoms with van der Waals surface area (Å²) < 4.78 is 27.7. The fraction of sp³-hybridized carbons (Fsp3) is 0.0625. The van der Waals surface area contributed by atoms with E-state index in [2.05, 4.69) is 26.3 Å². The van der Waals surface area contributed by atoms with Crippen molar-refractivity contribution >= 4 is 48.3 Å². The average molecular weight is 455 g/mol. The van der Waals surface area contributed by atoms with Gasteiger partial charge in [-0.1, -0.05) is 0 Å². The Bertz CT molecular complexity index is 1040. The first-order chi connectivity index (χ1) is 12.6. The van der Waals surface area contributed by atoms with Crippen molar-refractivity contribution in [2.45, 2.75) is 11.8 Å². The number of aliphatic imine (C=N–C) groups is 1. The SMILES string of the molecule is CC(=O)Oc1ccccc1C(=O)NC([Se])=Nc1cc(S(N)(=O)=O)ccc1O. The first-order valence-corrected chi connectivity index (χ1v) is 9.68. The van der Waals surface area contributed by atoms with E-state index in [1.165, 1.54) is 19.1 Å². The minimum atomic E-state index is -3.99. The molecule has 141 valence electrons. The summed E-state index contributed by atoms with van der Waals surface area (Å²) in [5.41, 5.74) is -0.0398. The number of carbonyl (C=O) groups excluding carboxylic acids is 2. The molecular formula is C16H14N3O6SSe. The number of ether oxygens (including phenoxy) is 1. The van der Waals surface area contributed by atoms with Crippen LogP contribution in [0.15, 0.2) is 52.4 Å². The molecule has 11 heteroatoms. The number of phenols is 1. The topological polar surface area (TPSA) is 148 Å². The van der Waals surface area contributed by atoms with Crippen LogP contribution in [0, 0.1) is 0 Å². The van der Waals surface area contributed by atoms with Crippen LogP contribution in [-0.2, 0) is 14.8 Å². The Morgan fingerprint density at radius 3 is 2.52 bits per heavy atom. The maximum atomic E-state index is 12.4. The zero-order valence-corrected chi connectivity index (χ0v) is 16.4. The number of primary sulfonamides is 1. The standard InChI is InChI=1S/C16H14N3O6SSe/c1-9(20)25-14-5-3-2-4-11(14)15(22)19-16(27)18-12-8-10(26(17,23)24)6-7-13(12)21/h2-8,21H,1H3,(H2,17,23,24)(H,18,19,22). The maximum absolute atomic E-state index is 12.4. The third-order valence-corrected chi connectivity index (χ3v) is 4.42. The number of sulfonamides is 1. The van der Waals surface area contributed by atoms with Crippen LogP contribution < -0.4 is 15.2 Å². The first kappa shape index (κ1) is 20.6. The number of phenolic OH excluding ortho intramolecular Hbond substituents is 1. The Kier molecular flexibility index (Phi) is 6.34. The summed E-state index contributed by atoms with van der Waals surface area (Å²) in [5, 5.41) is 17.3. The van der Waals surface area contributed by atoms with Gasteiger partial charge in [-0.25, -0.2) is 0 Å². The molecule has 0 aromatic heterocycles. The third-order valence-electron chi connectivity index (χ3n) is 3.10. The van der Waals surface area contributed by atoms with Crippen molar-refractivity contribution in [3.8, 4) is 11.5 Å².